The summed E-state index contributed by atoms with van der Waals surface area (Å²) in [6, 6.07) is 7.84. The molecule has 0 amide bonds. The summed E-state index contributed by atoms with van der Waals surface area (Å²) in [7, 11) is 0. The monoisotopic (exact) mass is 262 g/mol. The number of ether oxygens (including phenoxy) is 1. The molecule has 2 rings (SSSR count). The zero-order valence-electron chi connectivity index (χ0n) is 10.8. The lowest BCUT2D eigenvalue weighted by atomic mass is 10.1. The van der Waals surface area contributed by atoms with E-state index in [1.54, 1.807) is 0 Å². The first-order valence-corrected chi connectivity index (χ1v) is 5.97. The zero-order valence-corrected chi connectivity index (χ0v) is 10.8. The Bertz CT molecular complexity index is 463. The van der Waals surface area contributed by atoms with Crippen LogP contribution in [0.2, 0.25) is 0 Å². The normalized spacial score (nSPS) is 16.9. The Kier molecular flexibility index (Phi) is 5.99. The van der Waals surface area contributed by atoms with E-state index in [9.17, 15) is 4.79 Å². The van der Waals surface area contributed by atoms with Gasteiger partial charge in [-0.15, -0.1) is 0 Å². The van der Waals surface area contributed by atoms with Crippen molar-refractivity contribution in [3.63, 3.8) is 0 Å². The van der Waals surface area contributed by atoms with Crippen molar-refractivity contribution in [1.82, 2.24) is 0 Å². The van der Waals surface area contributed by atoms with Gasteiger partial charge in [0.25, 0.3) is 0 Å². The summed E-state index contributed by atoms with van der Waals surface area (Å²) in [4.78, 5) is 11.0. The van der Waals surface area contributed by atoms with Gasteiger partial charge in [0.05, 0.1) is 12.7 Å². The van der Waals surface area contributed by atoms with Crippen molar-refractivity contribution in [2.75, 3.05) is 6.61 Å². The van der Waals surface area contributed by atoms with E-state index in [4.69, 9.17) is 14.9 Å². The second-order valence-corrected chi connectivity index (χ2v) is 4.08. The van der Waals surface area contributed by atoms with Gasteiger partial charge in [0.15, 0.2) is 0 Å². The Morgan fingerprint density at radius 1 is 1.53 bits per heavy atom. The van der Waals surface area contributed by atoms with Crippen molar-refractivity contribution in [3.05, 3.63) is 54.1 Å². The van der Waals surface area contributed by atoms with Crippen LogP contribution in [0, 0.1) is 0 Å². The predicted molar refractivity (Wildman–Crippen MR) is 73.3 cm³/mol. The molecule has 4 heteroatoms. The minimum Gasteiger partial charge on any atom is -0.450 e. The average molecular weight is 262 g/mol. The Balaban J connectivity index is 0.000000312. The van der Waals surface area contributed by atoms with Gasteiger partial charge in [0, 0.05) is 11.6 Å². The molecule has 1 aliphatic rings. The molecule has 1 aliphatic carbocycles. The molecule has 1 aromatic rings. The lowest BCUT2D eigenvalue weighted by molar-refractivity contribution is -0.141. The molecule has 0 radical (unpaired) electrons. The van der Waals surface area contributed by atoms with E-state index in [1.165, 1.54) is 13.0 Å². The van der Waals surface area contributed by atoms with Crippen molar-refractivity contribution >= 4 is 12.0 Å². The van der Waals surface area contributed by atoms with Crippen LogP contribution >= 0.6 is 0 Å². The van der Waals surface area contributed by atoms with Crippen LogP contribution in [-0.4, -0.2) is 28.9 Å². The van der Waals surface area contributed by atoms with Crippen molar-refractivity contribution in [1.29, 1.82) is 0 Å². The third kappa shape index (κ3) is 4.69. The number of aliphatic hydroxyl groups is 2. The maximum absolute atomic E-state index is 11.0. The lowest BCUT2D eigenvalue weighted by Crippen LogP contribution is -2.05. The van der Waals surface area contributed by atoms with E-state index in [0.717, 1.165) is 11.1 Å². The fourth-order valence-electron chi connectivity index (χ4n) is 1.49. The molecule has 2 N–H and O–H groups in total. The van der Waals surface area contributed by atoms with Gasteiger partial charge >= 0.3 is 5.97 Å². The first-order chi connectivity index (χ1) is 9.08. The maximum Gasteiger partial charge on any atom is 0.331 e. The summed E-state index contributed by atoms with van der Waals surface area (Å²) < 4.78 is 5.14. The highest BCUT2D eigenvalue weighted by atomic mass is 16.5. The molecule has 19 heavy (non-hydrogen) atoms. The third-order valence-electron chi connectivity index (χ3n) is 2.43. The summed E-state index contributed by atoms with van der Waals surface area (Å²) in [5.41, 5.74) is 2.14. The van der Waals surface area contributed by atoms with Crippen molar-refractivity contribution < 1.29 is 19.7 Å². The molecule has 1 aromatic carbocycles. The van der Waals surface area contributed by atoms with E-state index in [2.05, 4.69) is 6.58 Å². The van der Waals surface area contributed by atoms with Gasteiger partial charge in [-0.05, 0) is 18.6 Å². The van der Waals surface area contributed by atoms with Crippen LogP contribution in [0.1, 0.15) is 24.2 Å². The highest BCUT2D eigenvalue weighted by molar-refractivity contribution is 5.82. The minimum atomic E-state index is -0.560. The number of benzene rings is 1. The number of hydrogen-bond acceptors (Lipinski definition) is 4. The molecule has 0 heterocycles. The van der Waals surface area contributed by atoms with Gasteiger partial charge in [-0.3, -0.25) is 0 Å². The number of carbonyl (C=O) groups excluding carboxylic acids is 1. The van der Waals surface area contributed by atoms with Crippen LogP contribution in [0.25, 0.3) is 6.08 Å². The minimum absolute atomic E-state index is 0.139. The van der Waals surface area contributed by atoms with E-state index < -0.39 is 12.1 Å². The Morgan fingerprint density at radius 2 is 2.16 bits per heavy atom. The Morgan fingerprint density at radius 3 is 2.74 bits per heavy atom. The SMILES string of the molecule is C=CC(=O)OC1C=Cc2ccccc21.CC(O)CO. The quantitative estimate of drug-likeness (QED) is 0.644. The van der Waals surface area contributed by atoms with Crippen molar-refractivity contribution in [2.45, 2.75) is 19.1 Å². The molecule has 0 spiro atoms. The van der Waals surface area contributed by atoms with Crippen LogP contribution in [-0.2, 0) is 9.53 Å². The largest absolute Gasteiger partial charge is 0.450 e. The van der Waals surface area contributed by atoms with E-state index >= 15 is 0 Å². The molecule has 0 bridgehead atoms. The second-order valence-electron chi connectivity index (χ2n) is 4.08. The summed E-state index contributed by atoms with van der Waals surface area (Å²) in [5.74, 6) is -0.392. The van der Waals surface area contributed by atoms with Crippen LogP contribution in [0.4, 0.5) is 0 Å². The molecule has 0 saturated carbocycles. The standard InChI is InChI=1S/C12H10O2.C3H8O2/c1-2-12(13)14-11-8-7-9-5-3-4-6-10(9)11;1-3(5)2-4/h2-8,11H,1H2;3-5H,2H2,1H3. The fourth-order valence-corrected chi connectivity index (χ4v) is 1.49. The van der Waals surface area contributed by atoms with E-state index in [1.807, 2.05) is 36.4 Å². The van der Waals surface area contributed by atoms with E-state index in [0.29, 0.717) is 0 Å². The van der Waals surface area contributed by atoms with Gasteiger partial charge in [0.1, 0.15) is 6.10 Å². The first kappa shape index (κ1) is 15.1. The first-order valence-electron chi connectivity index (χ1n) is 5.97. The highest BCUT2D eigenvalue weighted by Gasteiger charge is 2.18. The molecule has 0 saturated heterocycles. The summed E-state index contributed by atoms with van der Waals surface area (Å²) in [5, 5.41) is 16.0. The van der Waals surface area contributed by atoms with Crippen LogP contribution in [0.5, 0.6) is 0 Å². The molecule has 0 aromatic heterocycles. The highest BCUT2D eigenvalue weighted by Crippen LogP contribution is 2.30. The number of esters is 1. The Hall–Kier alpha value is -1.91. The average Bonchev–Trinajstić information content (AvgIpc) is 2.83. The van der Waals surface area contributed by atoms with E-state index in [-0.39, 0.29) is 12.7 Å². The molecule has 4 nitrogen and oxygen atoms in total. The predicted octanol–water partition coefficient (Wildman–Crippen LogP) is 1.84. The topological polar surface area (TPSA) is 66.8 Å². The fraction of sp³-hybridized carbons (Fsp3) is 0.267. The molecule has 2 atom stereocenters. The van der Waals surface area contributed by atoms with Crippen LogP contribution in [0.3, 0.4) is 0 Å². The molecule has 2 unspecified atom stereocenters. The second kappa shape index (κ2) is 7.51. The van der Waals surface area contributed by atoms with Gasteiger partial charge in [-0.1, -0.05) is 36.9 Å². The molecular weight excluding hydrogens is 244 g/mol. The van der Waals surface area contributed by atoms with Crippen LogP contribution in [0.15, 0.2) is 43.0 Å². The number of hydrogen-bond donors (Lipinski definition) is 2. The summed E-state index contributed by atoms with van der Waals surface area (Å²) >= 11 is 0. The molecule has 102 valence electrons. The van der Waals surface area contributed by atoms with Gasteiger partial charge in [0.2, 0.25) is 0 Å². The third-order valence-corrected chi connectivity index (χ3v) is 2.43. The smallest absolute Gasteiger partial charge is 0.331 e. The summed E-state index contributed by atoms with van der Waals surface area (Å²) in [6.07, 6.45) is 4.18. The maximum atomic E-state index is 11.0. The number of fused-ring (bicyclic) bond motifs is 1. The number of carbonyl (C=O) groups is 1. The van der Waals surface area contributed by atoms with Crippen molar-refractivity contribution in [2.24, 2.45) is 0 Å². The number of rotatable bonds is 3. The van der Waals surface area contributed by atoms with Crippen molar-refractivity contribution in [3.8, 4) is 0 Å². The van der Waals surface area contributed by atoms with Gasteiger partial charge in [-0.25, -0.2) is 4.79 Å². The zero-order chi connectivity index (χ0) is 14.3. The molecule has 0 fully saturated rings. The van der Waals surface area contributed by atoms with Gasteiger partial charge < -0.3 is 14.9 Å². The van der Waals surface area contributed by atoms with Gasteiger partial charge in [-0.2, -0.15) is 0 Å². The number of aliphatic hydroxyl groups excluding tert-OH is 2. The molecular formula is C15H18O4. The van der Waals surface area contributed by atoms with Crippen LogP contribution < -0.4 is 0 Å². The molecule has 0 aliphatic heterocycles. The summed E-state index contributed by atoms with van der Waals surface area (Å²) in [6.45, 7) is 4.75. The Labute approximate surface area is 112 Å². The lowest BCUT2D eigenvalue weighted by Gasteiger charge is -2.10.